The molecule has 2 rings (SSSR count). The number of morpholine rings is 1. The lowest BCUT2D eigenvalue weighted by atomic mass is 10.1. The molecule has 1 heterocycles. The Morgan fingerprint density at radius 2 is 2.38 bits per heavy atom. The van der Waals surface area contributed by atoms with Crippen molar-refractivity contribution in [1.29, 1.82) is 0 Å². The number of nitro benzene ring substituents is 1. The Morgan fingerprint density at radius 1 is 1.56 bits per heavy atom. The average molecular weight is 226 g/mol. The Kier molecular flexibility index (Phi) is 3.12. The van der Waals surface area contributed by atoms with E-state index in [9.17, 15) is 14.5 Å². The average Bonchev–Trinajstić information content (AvgIpc) is 2.30. The number of rotatable bonds is 2. The zero-order chi connectivity index (χ0) is 11.5. The van der Waals surface area contributed by atoms with Gasteiger partial charge in [-0.2, -0.15) is 4.39 Å². The molecule has 1 aromatic rings. The molecule has 1 saturated heterocycles. The molecule has 0 spiro atoms. The molecule has 86 valence electrons. The van der Waals surface area contributed by atoms with Crippen LogP contribution >= 0.6 is 0 Å². The van der Waals surface area contributed by atoms with Gasteiger partial charge in [-0.1, -0.05) is 12.1 Å². The Bertz CT molecular complexity index is 405. The molecule has 0 aromatic heterocycles. The van der Waals surface area contributed by atoms with Gasteiger partial charge in [0.2, 0.25) is 5.82 Å². The third kappa shape index (κ3) is 2.02. The first kappa shape index (κ1) is 11.0. The largest absolute Gasteiger partial charge is 0.378 e. The number of nitrogens with zero attached hydrogens (tertiary/aromatic N) is 1. The molecule has 1 N–H and O–H groups in total. The van der Waals surface area contributed by atoms with E-state index in [1.807, 2.05) is 0 Å². The van der Waals surface area contributed by atoms with Crippen molar-refractivity contribution >= 4 is 5.69 Å². The van der Waals surface area contributed by atoms with Crippen LogP contribution in [0.1, 0.15) is 11.6 Å². The van der Waals surface area contributed by atoms with Crippen LogP contribution in [0.2, 0.25) is 0 Å². The fraction of sp³-hybridized carbons (Fsp3) is 0.400. The number of ether oxygens (including phenoxy) is 1. The lowest BCUT2D eigenvalue weighted by Crippen LogP contribution is -2.35. The molecular formula is C10H11FN2O3. The maximum absolute atomic E-state index is 13.8. The van der Waals surface area contributed by atoms with Gasteiger partial charge in [-0.25, -0.2) is 0 Å². The molecular weight excluding hydrogens is 215 g/mol. The molecule has 16 heavy (non-hydrogen) atoms. The van der Waals surface area contributed by atoms with Crippen LogP contribution in [-0.4, -0.2) is 24.7 Å². The molecule has 0 saturated carbocycles. The maximum atomic E-state index is 13.8. The summed E-state index contributed by atoms with van der Waals surface area (Å²) in [6, 6.07) is 3.86. The minimum absolute atomic E-state index is 0.286. The molecule has 0 amide bonds. The molecule has 1 aliphatic rings. The van der Waals surface area contributed by atoms with E-state index in [2.05, 4.69) is 5.32 Å². The van der Waals surface area contributed by atoms with E-state index >= 15 is 0 Å². The molecule has 5 nitrogen and oxygen atoms in total. The fourth-order valence-electron chi connectivity index (χ4n) is 1.71. The molecule has 1 aromatic carbocycles. The fourth-order valence-corrected chi connectivity index (χ4v) is 1.71. The van der Waals surface area contributed by atoms with Gasteiger partial charge < -0.3 is 10.1 Å². The Labute approximate surface area is 91.4 Å². The summed E-state index contributed by atoms with van der Waals surface area (Å²) in [7, 11) is 0. The summed E-state index contributed by atoms with van der Waals surface area (Å²) >= 11 is 0. The molecule has 1 fully saturated rings. The summed E-state index contributed by atoms with van der Waals surface area (Å²) in [4.78, 5) is 9.85. The van der Waals surface area contributed by atoms with Crippen molar-refractivity contribution in [3.8, 4) is 0 Å². The first-order valence-electron chi connectivity index (χ1n) is 4.94. The number of hydrogen-bond donors (Lipinski definition) is 1. The minimum atomic E-state index is -0.782. The van der Waals surface area contributed by atoms with Gasteiger partial charge in [0.1, 0.15) is 0 Å². The summed E-state index contributed by atoms with van der Waals surface area (Å²) in [6.45, 7) is 1.53. The highest BCUT2D eigenvalue weighted by Crippen LogP contribution is 2.25. The summed E-state index contributed by atoms with van der Waals surface area (Å²) in [5.74, 6) is -0.782. The van der Waals surface area contributed by atoms with E-state index < -0.39 is 16.4 Å². The molecule has 1 aliphatic heterocycles. The molecule has 1 atom stereocenters. The summed E-state index contributed by atoms with van der Waals surface area (Å²) in [6.07, 6.45) is 0. The van der Waals surface area contributed by atoms with Crippen molar-refractivity contribution in [2.45, 2.75) is 6.04 Å². The predicted octanol–water partition coefficient (Wildman–Crippen LogP) is 1.39. The van der Waals surface area contributed by atoms with Gasteiger partial charge in [0.15, 0.2) is 0 Å². The van der Waals surface area contributed by atoms with Crippen molar-refractivity contribution < 1.29 is 14.1 Å². The van der Waals surface area contributed by atoms with E-state index in [1.54, 1.807) is 0 Å². The Balaban J connectivity index is 2.33. The van der Waals surface area contributed by atoms with E-state index in [4.69, 9.17) is 4.74 Å². The molecule has 1 unspecified atom stereocenters. The van der Waals surface area contributed by atoms with Crippen molar-refractivity contribution in [1.82, 2.24) is 5.32 Å². The first-order valence-corrected chi connectivity index (χ1v) is 4.94. The summed E-state index contributed by atoms with van der Waals surface area (Å²) in [5.41, 5.74) is -0.209. The van der Waals surface area contributed by atoms with E-state index in [0.717, 1.165) is 6.07 Å². The van der Waals surface area contributed by atoms with Crippen molar-refractivity contribution in [2.24, 2.45) is 0 Å². The predicted molar refractivity (Wildman–Crippen MR) is 54.6 cm³/mol. The van der Waals surface area contributed by atoms with Gasteiger partial charge in [-0.3, -0.25) is 10.1 Å². The zero-order valence-electron chi connectivity index (χ0n) is 8.48. The highest BCUT2D eigenvalue weighted by atomic mass is 19.1. The number of halogens is 1. The summed E-state index contributed by atoms with van der Waals surface area (Å²) < 4.78 is 19.0. The molecule has 0 radical (unpaired) electrons. The number of nitrogens with one attached hydrogen (secondary N) is 1. The third-order valence-corrected chi connectivity index (χ3v) is 2.50. The number of nitro groups is 1. The van der Waals surface area contributed by atoms with E-state index in [-0.39, 0.29) is 11.6 Å². The van der Waals surface area contributed by atoms with Gasteiger partial charge in [0.25, 0.3) is 0 Å². The van der Waals surface area contributed by atoms with Crippen LogP contribution in [-0.2, 0) is 4.74 Å². The lowest BCUT2D eigenvalue weighted by Gasteiger charge is -2.24. The summed E-state index contributed by atoms with van der Waals surface area (Å²) in [5, 5.41) is 13.6. The lowest BCUT2D eigenvalue weighted by molar-refractivity contribution is -0.387. The topological polar surface area (TPSA) is 64.4 Å². The standard InChI is InChI=1S/C10H11FN2O3/c11-10-7(8-6-16-5-4-12-8)2-1-3-9(10)13(14)15/h1-3,8,12H,4-6H2. The maximum Gasteiger partial charge on any atom is 0.305 e. The quantitative estimate of drug-likeness (QED) is 0.611. The second-order valence-corrected chi connectivity index (χ2v) is 3.52. The van der Waals surface area contributed by atoms with Crippen LogP contribution in [0.15, 0.2) is 18.2 Å². The van der Waals surface area contributed by atoms with Crippen LogP contribution in [0.3, 0.4) is 0 Å². The molecule has 0 aliphatic carbocycles. The number of hydrogen-bond acceptors (Lipinski definition) is 4. The van der Waals surface area contributed by atoms with Gasteiger partial charge in [0, 0.05) is 18.2 Å². The zero-order valence-corrected chi connectivity index (χ0v) is 8.48. The van der Waals surface area contributed by atoms with Crippen LogP contribution in [0.5, 0.6) is 0 Å². The normalized spacial score (nSPS) is 20.7. The smallest absolute Gasteiger partial charge is 0.305 e. The van der Waals surface area contributed by atoms with Gasteiger partial charge in [-0.05, 0) is 0 Å². The second kappa shape index (κ2) is 4.54. The van der Waals surface area contributed by atoms with Gasteiger partial charge >= 0.3 is 5.69 Å². The Hall–Kier alpha value is -1.53. The van der Waals surface area contributed by atoms with Crippen LogP contribution in [0.4, 0.5) is 10.1 Å². The van der Waals surface area contributed by atoms with E-state index in [0.29, 0.717) is 19.8 Å². The van der Waals surface area contributed by atoms with Crippen LogP contribution < -0.4 is 5.32 Å². The first-order chi connectivity index (χ1) is 7.70. The van der Waals surface area contributed by atoms with Gasteiger partial charge in [0.05, 0.1) is 24.2 Å². The van der Waals surface area contributed by atoms with Gasteiger partial charge in [-0.15, -0.1) is 0 Å². The van der Waals surface area contributed by atoms with Crippen molar-refractivity contribution in [3.63, 3.8) is 0 Å². The SMILES string of the molecule is O=[N+]([O-])c1cccc(C2COCCN2)c1F. The van der Waals surface area contributed by atoms with Crippen LogP contribution in [0, 0.1) is 15.9 Å². The highest BCUT2D eigenvalue weighted by Gasteiger charge is 2.24. The molecule has 6 heteroatoms. The Morgan fingerprint density at radius 3 is 3.00 bits per heavy atom. The monoisotopic (exact) mass is 226 g/mol. The van der Waals surface area contributed by atoms with Crippen molar-refractivity contribution in [3.05, 3.63) is 39.7 Å². The van der Waals surface area contributed by atoms with Crippen molar-refractivity contribution in [2.75, 3.05) is 19.8 Å². The second-order valence-electron chi connectivity index (χ2n) is 3.52. The highest BCUT2D eigenvalue weighted by molar-refractivity contribution is 5.38. The molecule has 0 bridgehead atoms. The van der Waals surface area contributed by atoms with Crippen LogP contribution in [0.25, 0.3) is 0 Å². The third-order valence-electron chi connectivity index (χ3n) is 2.50. The van der Waals surface area contributed by atoms with E-state index in [1.165, 1.54) is 12.1 Å². The number of benzene rings is 1. The minimum Gasteiger partial charge on any atom is -0.378 e.